The number of nitrogens with zero attached hydrogens (tertiary/aromatic N) is 2. The number of rotatable bonds is 9. The van der Waals surface area contributed by atoms with Gasteiger partial charge in [0.1, 0.15) is 18.8 Å². The normalized spacial score (nSPS) is 20.8. The van der Waals surface area contributed by atoms with Crippen molar-refractivity contribution in [3.8, 4) is 11.5 Å². The van der Waals surface area contributed by atoms with Crippen LogP contribution in [0.1, 0.15) is 36.9 Å². The minimum absolute atomic E-state index is 0.323. The van der Waals surface area contributed by atoms with Gasteiger partial charge < -0.3 is 20.3 Å². The number of hydrogen-bond acceptors (Lipinski definition) is 6. The minimum atomic E-state index is -0.660. The number of nitrogens with two attached hydrogens (primary N) is 1. The second-order valence-corrected chi connectivity index (χ2v) is 8.97. The third-order valence-electron chi connectivity index (χ3n) is 6.56. The molecule has 1 amide bonds. The standard InChI is InChI=1S/C26H35N3O4/c1-2-3-6-19-9-11-20(12-10-19)25(26(27)31)29-15-13-28(14-16-29)17-21(30)24-18-32-22-7-4-5-8-23(22)33-24/h4-5,7-12,21,24-25,30H,2-3,6,13-18H2,1H3,(H2,27,31). The number of para-hydroxylation sites is 2. The first kappa shape index (κ1) is 23.5. The zero-order valence-corrected chi connectivity index (χ0v) is 19.4. The van der Waals surface area contributed by atoms with Gasteiger partial charge in [0.15, 0.2) is 17.6 Å². The highest BCUT2D eigenvalue weighted by molar-refractivity contribution is 5.81. The van der Waals surface area contributed by atoms with Crippen LogP contribution in [0.25, 0.3) is 0 Å². The first-order chi connectivity index (χ1) is 16.0. The topological polar surface area (TPSA) is 88.3 Å². The Morgan fingerprint density at radius 3 is 2.45 bits per heavy atom. The number of piperazine rings is 1. The Bertz CT molecular complexity index is 912. The highest BCUT2D eigenvalue weighted by atomic mass is 16.6. The molecule has 1 fully saturated rings. The molecule has 0 radical (unpaired) electrons. The number of aliphatic hydroxyl groups excluding tert-OH is 1. The van der Waals surface area contributed by atoms with Gasteiger partial charge in [-0.15, -0.1) is 0 Å². The fraction of sp³-hybridized carbons (Fsp3) is 0.500. The first-order valence-electron chi connectivity index (χ1n) is 12.0. The Hall–Kier alpha value is -2.61. The van der Waals surface area contributed by atoms with Crippen molar-refractivity contribution in [2.24, 2.45) is 5.73 Å². The van der Waals surface area contributed by atoms with Gasteiger partial charge in [-0.3, -0.25) is 14.6 Å². The van der Waals surface area contributed by atoms with E-state index in [0.717, 1.165) is 37.9 Å². The number of primary amides is 1. The molecule has 33 heavy (non-hydrogen) atoms. The molecule has 0 bridgehead atoms. The van der Waals surface area contributed by atoms with Crippen LogP contribution in [0.4, 0.5) is 0 Å². The molecule has 2 aromatic carbocycles. The van der Waals surface area contributed by atoms with Gasteiger partial charge in [-0.25, -0.2) is 0 Å². The van der Waals surface area contributed by atoms with Crippen LogP contribution in [-0.4, -0.2) is 72.4 Å². The van der Waals surface area contributed by atoms with Crippen molar-refractivity contribution in [3.63, 3.8) is 0 Å². The number of fused-ring (bicyclic) bond motifs is 1. The number of carbonyl (C=O) groups excluding carboxylic acids is 1. The summed E-state index contributed by atoms with van der Waals surface area (Å²) in [5.74, 6) is 1.06. The van der Waals surface area contributed by atoms with E-state index >= 15 is 0 Å². The molecule has 2 aliphatic heterocycles. The smallest absolute Gasteiger partial charge is 0.239 e. The van der Waals surface area contributed by atoms with Gasteiger partial charge in [0.05, 0.1) is 0 Å². The summed E-state index contributed by atoms with van der Waals surface area (Å²) in [5, 5.41) is 10.7. The molecular weight excluding hydrogens is 418 g/mol. The number of carbonyl (C=O) groups is 1. The molecule has 7 nitrogen and oxygen atoms in total. The fourth-order valence-corrected chi connectivity index (χ4v) is 4.61. The van der Waals surface area contributed by atoms with Crippen LogP contribution in [0, 0.1) is 0 Å². The Morgan fingerprint density at radius 2 is 1.79 bits per heavy atom. The van der Waals surface area contributed by atoms with Crippen molar-refractivity contribution < 1.29 is 19.4 Å². The van der Waals surface area contributed by atoms with Gasteiger partial charge in [0.25, 0.3) is 0 Å². The summed E-state index contributed by atoms with van der Waals surface area (Å²) in [6.45, 7) is 5.93. The Labute approximate surface area is 196 Å². The number of unbranched alkanes of at least 4 members (excludes halogenated alkanes) is 1. The lowest BCUT2D eigenvalue weighted by Gasteiger charge is -2.40. The molecule has 2 aliphatic rings. The van der Waals surface area contributed by atoms with E-state index in [1.807, 2.05) is 36.4 Å². The number of amides is 1. The number of hydrogen-bond donors (Lipinski definition) is 2. The molecule has 0 aliphatic carbocycles. The molecular formula is C26H35N3O4. The van der Waals surface area contributed by atoms with E-state index in [1.165, 1.54) is 5.56 Å². The summed E-state index contributed by atoms with van der Waals surface area (Å²) in [6.07, 6.45) is 2.32. The van der Waals surface area contributed by atoms with Crippen LogP contribution in [0.2, 0.25) is 0 Å². The maximum atomic E-state index is 12.3. The van der Waals surface area contributed by atoms with E-state index in [9.17, 15) is 9.90 Å². The van der Waals surface area contributed by atoms with E-state index in [-0.39, 0.29) is 5.91 Å². The van der Waals surface area contributed by atoms with E-state index in [0.29, 0.717) is 37.7 Å². The van der Waals surface area contributed by atoms with Gasteiger partial charge >= 0.3 is 0 Å². The summed E-state index contributed by atoms with van der Waals surface area (Å²) in [4.78, 5) is 16.7. The second kappa shape index (κ2) is 11.0. The molecule has 0 saturated carbocycles. The van der Waals surface area contributed by atoms with Crippen LogP contribution in [0.3, 0.4) is 0 Å². The molecule has 2 heterocycles. The molecule has 1 saturated heterocycles. The van der Waals surface area contributed by atoms with Gasteiger partial charge in [-0.1, -0.05) is 49.7 Å². The maximum absolute atomic E-state index is 12.3. The highest BCUT2D eigenvalue weighted by Gasteiger charge is 2.32. The molecule has 4 rings (SSSR count). The van der Waals surface area contributed by atoms with Crippen LogP contribution < -0.4 is 15.2 Å². The van der Waals surface area contributed by atoms with Gasteiger partial charge in [-0.2, -0.15) is 0 Å². The number of ether oxygens (including phenoxy) is 2. The fourth-order valence-electron chi connectivity index (χ4n) is 4.61. The average molecular weight is 454 g/mol. The van der Waals surface area contributed by atoms with Crippen molar-refractivity contribution in [2.45, 2.75) is 44.4 Å². The molecule has 0 aromatic heterocycles. The zero-order chi connectivity index (χ0) is 23.2. The molecule has 7 heteroatoms. The molecule has 3 unspecified atom stereocenters. The molecule has 3 N–H and O–H groups in total. The lowest BCUT2D eigenvalue weighted by Crippen LogP contribution is -2.54. The summed E-state index contributed by atoms with van der Waals surface area (Å²) in [7, 11) is 0. The largest absolute Gasteiger partial charge is 0.486 e. The predicted molar refractivity (Wildman–Crippen MR) is 127 cm³/mol. The van der Waals surface area contributed by atoms with Crippen LogP contribution >= 0.6 is 0 Å². The first-order valence-corrected chi connectivity index (χ1v) is 12.0. The minimum Gasteiger partial charge on any atom is -0.486 e. The van der Waals surface area contributed by atoms with Crippen molar-refractivity contribution in [1.29, 1.82) is 0 Å². The summed E-state index contributed by atoms with van der Waals surface area (Å²) in [5.41, 5.74) is 8.04. The van der Waals surface area contributed by atoms with Crippen molar-refractivity contribution in [1.82, 2.24) is 9.80 Å². The maximum Gasteiger partial charge on any atom is 0.239 e. The predicted octanol–water partition coefficient (Wildman–Crippen LogP) is 2.37. The Morgan fingerprint density at radius 1 is 1.09 bits per heavy atom. The molecule has 2 aromatic rings. The Kier molecular flexibility index (Phi) is 7.85. The van der Waals surface area contributed by atoms with Crippen LogP contribution in [0.5, 0.6) is 11.5 Å². The van der Waals surface area contributed by atoms with Crippen molar-refractivity contribution in [2.75, 3.05) is 39.3 Å². The highest BCUT2D eigenvalue weighted by Crippen LogP contribution is 2.32. The lowest BCUT2D eigenvalue weighted by molar-refractivity contribution is -0.124. The molecule has 3 atom stereocenters. The van der Waals surface area contributed by atoms with E-state index < -0.39 is 18.2 Å². The van der Waals surface area contributed by atoms with E-state index in [4.69, 9.17) is 15.2 Å². The monoisotopic (exact) mass is 453 g/mol. The van der Waals surface area contributed by atoms with Crippen molar-refractivity contribution >= 4 is 5.91 Å². The summed E-state index contributed by atoms with van der Waals surface area (Å²) < 4.78 is 11.7. The van der Waals surface area contributed by atoms with Crippen molar-refractivity contribution in [3.05, 3.63) is 59.7 Å². The average Bonchev–Trinajstić information content (AvgIpc) is 2.84. The van der Waals surface area contributed by atoms with E-state index in [1.54, 1.807) is 0 Å². The summed E-state index contributed by atoms with van der Waals surface area (Å²) >= 11 is 0. The molecule has 178 valence electrons. The van der Waals surface area contributed by atoms with E-state index in [2.05, 4.69) is 28.9 Å². The molecule has 0 spiro atoms. The quantitative estimate of drug-likeness (QED) is 0.606. The van der Waals surface area contributed by atoms with Crippen LogP contribution in [0.15, 0.2) is 48.5 Å². The summed E-state index contributed by atoms with van der Waals surface area (Å²) in [6, 6.07) is 15.4. The SMILES string of the molecule is CCCCc1ccc(C(C(N)=O)N2CCN(CC(O)C3COc4ccccc4O3)CC2)cc1. The van der Waals surface area contributed by atoms with Gasteiger partial charge in [-0.05, 0) is 36.1 Å². The third kappa shape index (κ3) is 5.85. The number of β-amino-alcohol motifs (C(OH)–C–C–N with tert-alkyl or cyclic N) is 1. The third-order valence-corrected chi connectivity index (χ3v) is 6.56. The zero-order valence-electron chi connectivity index (χ0n) is 19.4. The number of aryl methyl sites for hydroxylation is 1. The second-order valence-electron chi connectivity index (χ2n) is 8.97. The lowest BCUT2D eigenvalue weighted by atomic mass is 10.00. The number of benzene rings is 2. The number of aliphatic hydroxyl groups is 1. The van der Waals surface area contributed by atoms with Gasteiger partial charge in [0.2, 0.25) is 5.91 Å². The Balaban J connectivity index is 1.30. The van der Waals surface area contributed by atoms with Gasteiger partial charge in [0, 0.05) is 32.7 Å². The van der Waals surface area contributed by atoms with Crippen LogP contribution in [-0.2, 0) is 11.2 Å².